The summed E-state index contributed by atoms with van der Waals surface area (Å²) in [6.07, 6.45) is 7.70. The fraction of sp³-hybridized carbons (Fsp3) is 0.278. The molecule has 0 amide bonds. The van der Waals surface area contributed by atoms with Crippen LogP contribution in [0.5, 0.6) is 11.5 Å². The molecule has 0 saturated heterocycles. The predicted molar refractivity (Wildman–Crippen MR) is 191 cm³/mol. The van der Waals surface area contributed by atoms with Crippen LogP contribution in [-0.2, 0) is 10.8 Å². The third-order valence-corrected chi connectivity index (χ3v) is 7.56. The summed E-state index contributed by atoms with van der Waals surface area (Å²) in [6.45, 7) is 16.7. The molecule has 0 bridgehead atoms. The molecule has 44 heavy (non-hydrogen) atoms. The maximum absolute atomic E-state index is 10.8. The van der Waals surface area contributed by atoms with Crippen LogP contribution in [0.15, 0.2) is 65.8 Å². The Balaban J connectivity index is 0.000000244. The molecule has 8 heteroatoms. The van der Waals surface area contributed by atoms with Gasteiger partial charge in [-0.15, -0.1) is 0 Å². The van der Waals surface area contributed by atoms with E-state index in [2.05, 4.69) is 102 Å². The Hall–Kier alpha value is -4.14. The molecule has 7 nitrogen and oxygen atoms in total. The topological polar surface area (TPSA) is 115 Å². The molecule has 0 atom stereocenters. The standard InChI is InChI=1S/C22H29NO.C14H11IN4O/c1-15-9-8-10-17(23-15)12-11-16-13-18(21(2,3)4)20(24)19(14-16)22(5,6)7;1-9-3-2-4-11(17-9)6-5-10-7-12(15)13(18-19-16)8-14(10)20/h8-14,24H,1-7H3;2-8,20H,1H3. The molecule has 2 aromatic heterocycles. The van der Waals surface area contributed by atoms with Crippen LogP contribution in [0, 0.1) is 17.4 Å². The molecule has 0 radical (unpaired) electrons. The number of rotatable bonds is 5. The van der Waals surface area contributed by atoms with E-state index in [1.165, 1.54) is 6.07 Å². The molecule has 2 N–H and O–H groups in total. The number of azide groups is 1. The quantitative estimate of drug-likeness (QED) is 0.0932. The Kier molecular flexibility index (Phi) is 11.4. The summed E-state index contributed by atoms with van der Waals surface area (Å²) in [5, 5.41) is 24.2. The minimum Gasteiger partial charge on any atom is -0.507 e. The van der Waals surface area contributed by atoms with Crippen LogP contribution in [0.4, 0.5) is 5.69 Å². The summed E-state index contributed by atoms with van der Waals surface area (Å²) in [7, 11) is 0. The van der Waals surface area contributed by atoms with E-state index in [9.17, 15) is 10.2 Å². The van der Waals surface area contributed by atoms with Gasteiger partial charge in [-0.1, -0.05) is 64.9 Å². The lowest BCUT2D eigenvalue weighted by molar-refractivity contribution is 0.423. The molecule has 2 aromatic carbocycles. The Morgan fingerprint density at radius 2 is 1.25 bits per heavy atom. The van der Waals surface area contributed by atoms with E-state index in [0.29, 0.717) is 17.0 Å². The Morgan fingerprint density at radius 1 is 0.750 bits per heavy atom. The average molecular weight is 702 g/mol. The number of nitrogens with zero attached hydrogens (tertiary/aromatic N) is 5. The van der Waals surface area contributed by atoms with E-state index < -0.39 is 0 Å². The summed E-state index contributed by atoms with van der Waals surface area (Å²) >= 11 is 2.06. The Bertz CT molecular complexity index is 1710. The zero-order valence-electron chi connectivity index (χ0n) is 26.6. The molecule has 0 aliphatic rings. The minimum atomic E-state index is -0.116. The number of pyridine rings is 2. The molecule has 0 spiro atoms. The van der Waals surface area contributed by atoms with Crippen LogP contribution in [-0.4, -0.2) is 20.2 Å². The Morgan fingerprint density at radius 3 is 1.70 bits per heavy atom. The SMILES string of the molecule is Cc1cccc(C=Cc2cc(C(C)(C)C)c(O)c(C(C)(C)C)c2)n1.Cc1cccc(C=Cc2cc(I)c(N=[N+]=[N-])cc2O)n1. The molecule has 0 fully saturated rings. The number of hydrogen-bond acceptors (Lipinski definition) is 5. The molecule has 2 heterocycles. The van der Waals surface area contributed by atoms with Gasteiger partial charge in [0.25, 0.3) is 0 Å². The fourth-order valence-corrected chi connectivity index (χ4v) is 4.99. The van der Waals surface area contributed by atoms with Crippen LogP contribution >= 0.6 is 22.6 Å². The third kappa shape index (κ3) is 9.69. The van der Waals surface area contributed by atoms with Crippen LogP contribution in [0.2, 0.25) is 0 Å². The smallest absolute Gasteiger partial charge is 0.123 e. The van der Waals surface area contributed by atoms with Gasteiger partial charge < -0.3 is 10.2 Å². The van der Waals surface area contributed by atoms with Crippen molar-refractivity contribution in [3.8, 4) is 11.5 Å². The second-order valence-corrected chi connectivity index (χ2v) is 13.8. The van der Waals surface area contributed by atoms with Gasteiger partial charge in [-0.25, -0.2) is 0 Å². The van der Waals surface area contributed by atoms with E-state index in [1.54, 1.807) is 12.1 Å². The van der Waals surface area contributed by atoms with E-state index in [4.69, 9.17) is 5.53 Å². The van der Waals surface area contributed by atoms with Gasteiger partial charge in [-0.3, -0.25) is 9.97 Å². The van der Waals surface area contributed by atoms with Crippen LogP contribution in [0.3, 0.4) is 0 Å². The number of halogens is 1. The van der Waals surface area contributed by atoms with Crippen LogP contribution in [0.25, 0.3) is 34.7 Å². The summed E-state index contributed by atoms with van der Waals surface area (Å²) in [6, 6.07) is 19.1. The van der Waals surface area contributed by atoms with Crippen molar-refractivity contribution >= 4 is 52.6 Å². The van der Waals surface area contributed by atoms with Crippen molar-refractivity contribution in [3.63, 3.8) is 0 Å². The summed E-state index contributed by atoms with van der Waals surface area (Å²) < 4.78 is 0.773. The maximum Gasteiger partial charge on any atom is 0.123 e. The first-order valence-corrected chi connectivity index (χ1v) is 15.4. The van der Waals surface area contributed by atoms with Crippen molar-refractivity contribution in [2.45, 2.75) is 66.2 Å². The number of aromatic nitrogens is 2. The van der Waals surface area contributed by atoms with Crippen LogP contribution < -0.4 is 0 Å². The minimum absolute atomic E-state index is 0.0664. The maximum atomic E-state index is 10.8. The van der Waals surface area contributed by atoms with Crippen molar-refractivity contribution in [1.82, 2.24) is 9.97 Å². The van der Waals surface area contributed by atoms with Gasteiger partial charge in [0.1, 0.15) is 11.5 Å². The van der Waals surface area contributed by atoms with Gasteiger partial charge in [0.05, 0.1) is 17.1 Å². The Labute approximate surface area is 274 Å². The molecule has 0 saturated carbocycles. The molecule has 0 aliphatic heterocycles. The molecular formula is C36H40IN5O2. The predicted octanol–water partition coefficient (Wildman–Crippen LogP) is 10.7. The van der Waals surface area contributed by atoms with E-state index in [-0.39, 0.29) is 16.6 Å². The normalized spacial score (nSPS) is 11.8. The highest BCUT2D eigenvalue weighted by atomic mass is 127. The number of phenolic OH excluding ortho intramolecular Hbond substituents is 2. The number of phenols is 2. The summed E-state index contributed by atoms with van der Waals surface area (Å²) in [5.41, 5.74) is 16.0. The van der Waals surface area contributed by atoms with Gasteiger partial charge in [-0.05, 0) is 125 Å². The second kappa shape index (κ2) is 14.6. The first kappa shape index (κ1) is 34.4. The van der Waals surface area contributed by atoms with Gasteiger partial charge in [0, 0.05) is 36.6 Å². The summed E-state index contributed by atoms with van der Waals surface area (Å²) in [4.78, 5) is 11.6. The third-order valence-electron chi connectivity index (χ3n) is 6.70. The molecule has 0 unspecified atom stereocenters. The second-order valence-electron chi connectivity index (χ2n) is 12.6. The van der Waals surface area contributed by atoms with E-state index in [0.717, 1.165) is 43.0 Å². The average Bonchev–Trinajstić information content (AvgIpc) is 2.93. The van der Waals surface area contributed by atoms with Gasteiger partial charge in [0.15, 0.2) is 0 Å². The number of benzene rings is 2. The molecule has 0 aliphatic carbocycles. The zero-order chi connectivity index (χ0) is 32.7. The number of hydrogen-bond donors (Lipinski definition) is 2. The molecule has 4 aromatic rings. The first-order valence-electron chi connectivity index (χ1n) is 14.3. The molecule has 4 rings (SSSR count). The van der Waals surface area contributed by atoms with Crippen molar-refractivity contribution in [3.05, 3.63) is 120 Å². The highest BCUT2D eigenvalue weighted by Gasteiger charge is 2.26. The zero-order valence-corrected chi connectivity index (χ0v) is 28.7. The number of aromatic hydroxyl groups is 2. The first-order chi connectivity index (χ1) is 20.6. The highest BCUT2D eigenvalue weighted by Crippen LogP contribution is 2.40. The van der Waals surface area contributed by atoms with Gasteiger partial charge in [-0.2, -0.15) is 0 Å². The van der Waals surface area contributed by atoms with Gasteiger partial charge in [0.2, 0.25) is 0 Å². The van der Waals surface area contributed by atoms with Crippen molar-refractivity contribution in [2.75, 3.05) is 0 Å². The van der Waals surface area contributed by atoms with Crippen LogP contribution in [0.1, 0.15) is 86.6 Å². The van der Waals surface area contributed by atoms with E-state index in [1.807, 2.05) is 62.4 Å². The van der Waals surface area contributed by atoms with Crippen molar-refractivity contribution in [1.29, 1.82) is 0 Å². The van der Waals surface area contributed by atoms with Crippen molar-refractivity contribution in [2.24, 2.45) is 5.11 Å². The largest absolute Gasteiger partial charge is 0.507 e. The van der Waals surface area contributed by atoms with Gasteiger partial charge >= 0.3 is 0 Å². The number of aryl methyl sites for hydroxylation is 2. The highest BCUT2D eigenvalue weighted by molar-refractivity contribution is 14.1. The van der Waals surface area contributed by atoms with Crippen molar-refractivity contribution < 1.29 is 10.2 Å². The molecular weight excluding hydrogens is 661 g/mol. The lowest BCUT2D eigenvalue weighted by Gasteiger charge is -2.27. The van der Waals surface area contributed by atoms with E-state index >= 15 is 0 Å². The summed E-state index contributed by atoms with van der Waals surface area (Å²) in [5.74, 6) is 0.484. The fourth-order valence-electron chi connectivity index (χ4n) is 4.39. The lowest BCUT2D eigenvalue weighted by Crippen LogP contribution is -2.17. The lowest BCUT2D eigenvalue weighted by atomic mass is 9.78. The molecule has 228 valence electrons. The monoisotopic (exact) mass is 701 g/mol.